The van der Waals surface area contributed by atoms with E-state index in [4.69, 9.17) is 28.3 Å². The average Bonchev–Trinajstić information content (AvgIpc) is 2.57. The first kappa shape index (κ1) is 14.4. The maximum atomic E-state index is 11.0. The van der Waals surface area contributed by atoms with E-state index < -0.39 is 5.97 Å². The molecule has 19 heavy (non-hydrogen) atoms. The zero-order valence-corrected chi connectivity index (χ0v) is 12.0. The van der Waals surface area contributed by atoms with Crippen molar-refractivity contribution in [3.05, 3.63) is 45.5 Å². The van der Waals surface area contributed by atoms with Crippen molar-refractivity contribution in [3.8, 4) is 0 Å². The van der Waals surface area contributed by atoms with Gasteiger partial charge in [-0.3, -0.25) is 0 Å². The number of carbonyl (C=O) groups is 1. The Kier molecular flexibility index (Phi) is 4.89. The van der Waals surface area contributed by atoms with Gasteiger partial charge in [-0.2, -0.15) is 0 Å². The largest absolute Gasteiger partial charge is 0.478 e. The third-order valence-electron chi connectivity index (χ3n) is 3.56. The van der Waals surface area contributed by atoms with E-state index in [9.17, 15) is 4.79 Å². The molecule has 0 spiro atoms. The van der Waals surface area contributed by atoms with Gasteiger partial charge in [0.05, 0.1) is 10.0 Å². The van der Waals surface area contributed by atoms with Crippen LogP contribution >= 0.6 is 23.2 Å². The number of hydrogen-bond acceptors (Lipinski definition) is 1. The number of allylic oxidation sites excluding steroid dienone is 1. The van der Waals surface area contributed by atoms with E-state index >= 15 is 0 Å². The van der Waals surface area contributed by atoms with Crippen molar-refractivity contribution in [2.75, 3.05) is 0 Å². The second-order valence-corrected chi connectivity index (χ2v) is 5.70. The number of carboxylic acids is 1. The second kappa shape index (κ2) is 6.44. The molecule has 0 radical (unpaired) electrons. The summed E-state index contributed by atoms with van der Waals surface area (Å²) in [5.41, 5.74) is 2.05. The molecule has 1 aliphatic carbocycles. The minimum atomic E-state index is -0.873. The summed E-state index contributed by atoms with van der Waals surface area (Å²) in [4.78, 5) is 11.0. The van der Waals surface area contributed by atoms with Gasteiger partial charge in [-0.1, -0.05) is 47.7 Å². The smallest absolute Gasteiger partial charge is 0.328 e. The Balaban J connectivity index is 2.36. The fourth-order valence-electron chi connectivity index (χ4n) is 2.66. The summed E-state index contributed by atoms with van der Waals surface area (Å²) in [6.07, 6.45) is 6.49. The van der Waals surface area contributed by atoms with Crippen molar-refractivity contribution < 1.29 is 9.90 Å². The molecular formula is C15H16Cl2O2. The molecule has 2 nitrogen and oxygen atoms in total. The van der Waals surface area contributed by atoms with Crippen molar-refractivity contribution >= 4 is 29.2 Å². The third-order valence-corrected chi connectivity index (χ3v) is 4.30. The van der Waals surface area contributed by atoms with Crippen LogP contribution in [0.4, 0.5) is 0 Å². The molecule has 1 atom stereocenters. The highest BCUT2D eigenvalue weighted by atomic mass is 35.5. The van der Waals surface area contributed by atoms with Crippen LogP contribution in [0, 0.1) is 0 Å². The van der Waals surface area contributed by atoms with Crippen molar-refractivity contribution in [2.24, 2.45) is 0 Å². The van der Waals surface area contributed by atoms with Crippen LogP contribution in [0.15, 0.2) is 29.8 Å². The minimum Gasteiger partial charge on any atom is -0.478 e. The van der Waals surface area contributed by atoms with E-state index in [0.717, 1.165) is 43.2 Å². The monoisotopic (exact) mass is 298 g/mol. The van der Waals surface area contributed by atoms with Crippen LogP contribution < -0.4 is 0 Å². The number of benzene rings is 1. The summed E-state index contributed by atoms with van der Waals surface area (Å²) in [5.74, 6) is -0.727. The summed E-state index contributed by atoms with van der Waals surface area (Å²) in [5, 5.41) is 10.1. The van der Waals surface area contributed by atoms with Crippen LogP contribution in [-0.4, -0.2) is 11.1 Å². The maximum absolute atomic E-state index is 11.0. The molecule has 1 aromatic carbocycles. The maximum Gasteiger partial charge on any atom is 0.328 e. The van der Waals surface area contributed by atoms with Gasteiger partial charge in [-0.25, -0.2) is 4.79 Å². The molecule has 1 aromatic rings. The van der Waals surface area contributed by atoms with Crippen LogP contribution in [0.2, 0.25) is 10.0 Å². The van der Waals surface area contributed by atoms with Gasteiger partial charge in [-0.05, 0) is 37.0 Å². The predicted molar refractivity (Wildman–Crippen MR) is 78.0 cm³/mol. The molecule has 4 heteroatoms. The summed E-state index contributed by atoms with van der Waals surface area (Å²) in [6, 6.07) is 5.58. The van der Waals surface area contributed by atoms with Crippen LogP contribution in [0.3, 0.4) is 0 Å². The molecule has 0 bridgehead atoms. The van der Waals surface area contributed by atoms with Crippen molar-refractivity contribution in [2.45, 2.75) is 38.0 Å². The molecule has 1 N–H and O–H groups in total. The Labute approximate surface area is 123 Å². The molecular weight excluding hydrogens is 283 g/mol. The first-order valence-corrected chi connectivity index (χ1v) is 7.22. The minimum absolute atomic E-state index is 0.147. The molecule has 0 heterocycles. The lowest BCUT2D eigenvalue weighted by atomic mass is 9.87. The van der Waals surface area contributed by atoms with E-state index in [0.29, 0.717) is 10.0 Å². The van der Waals surface area contributed by atoms with E-state index in [1.54, 1.807) is 6.07 Å². The van der Waals surface area contributed by atoms with Crippen LogP contribution in [0.1, 0.15) is 43.6 Å². The van der Waals surface area contributed by atoms with Gasteiger partial charge in [0.1, 0.15) is 0 Å². The number of carboxylic acid groups (broad SMARTS) is 1. The van der Waals surface area contributed by atoms with Crippen molar-refractivity contribution in [1.82, 2.24) is 0 Å². The van der Waals surface area contributed by atoms with Gasteiger partial charge in [-0.15, -0.1) is 0 Å². The molecule has 0 amide bonds. The number of rotatable bonds is 2. The van der Waals surface area contributed by atoms with E-state index in [2.05, 4.69) is 0 Å². The van der Waals surface area contributed by atoms with Gasteiger partial charge in [0.25, 0.3) is 0 Å². The zero-order chi connectivity index (χ0) is 13.8. The summed E-state index contributed by atoms with van der Waals surface area (Å²) in [6.45, 7) is 0. The average molecular weight is 299 g/mol. The van der Waals surface area contributed by atoms with Gasteiger partial charge in [0, 0.05) is 12.0 Å². The van der Waals surface area contributed by atoms with Gasteiger partial charge >= 0.3 is 5.97 Å². The molecule has 1 fully saturated rings. The molecule has 2 rings (SSSR count). The molecule has 1 saturated carbocycles. The quantitative estimate of drug-likeness (QED) is 0.612. The van der Waals surface area contributed by atoms with Gasteiger partial charge < -0.3 is 5.11 Å². The predicted octanol–water partition coefficient (Wildman–Crippen LogP) is 5.05. The van der Waals surface area contributed by atoms with Crippen molar-refractivity contribution in [3.63, 3.8) is 0 Å². The van der Waals surface area contributed by atoms with E-state index in [1.807, 2.05) is 12.1 Å². The Morgan fingerprint density at radius 3 is 2.68 bits per heavy atom. The summed E-state index contributed by atoms with van der Waals surface area (Å²) in [7, 11) is 0. The van der Waals surface area contributed by atoms with Crippen molar-refractivity contribution in [1.29, 1.82) is 0 Å². The van der Waals surface area contributed by atoms with Gasteiger partial charge in [0.2, 0.25) is 0 Å². The number of hydrogen-bond donors (Lipinski definition) is 1. The number of halogens is 2. The lowest BCUT2D eigenvalue weighted by Gasteiger charge is -2.18. The fourth-order valence-corrected chi connectivity index (χ4v) is 2.96. The highest BCUT2D eigenvalue weighted by Gasteiger charge is 2.20. The molecule has 0 aromatic heterocycles. The SMILES string of the molecule is O=C(O)/C=C1\CCCCCC1c1ccc(Cl)c(Cl)c1. The molecule has 102 valence electrons. The lowest BCUT2D eigenvalue weighted by Crippen LogP contribution is -2.04. The highest BCUT2D eigenvalue weighted by Crippen LogP contribution is 2.38. The summed E-state index contributed by atoms with van der Waals surface area (Å²) >= 11 is 12.0. The Morgan fingerprint density at radius 1 is 1.21 bits per heavy atom. The zero-order valence-electron chi connectivity index (χ0n) is 10.5. The second-order valence-electron chi connectivity index (χ2n) is 4.88. The van der Waals surface area contributed by atoms with E-state index in [-0.39, 0.29) is 5.92 Å². The first-order valence-electron chi connectivity index (χ1n) is 6.46. The number of aliphatic carboxylic acids is 1. The topological polar surface area (TPSA) is 37.3 Å². The van der Waals surface area contributed by atoms with E-state index in [1.165, 1.54) is 6.08 Å². The summed E-state index contributed by atoms with van der Waals surface area (Å²) < 4.78 is 0. The van der Waals surface area contributed by atoms with Crippen LogP contribution in [0.5, 0.6) is 0 Å². The molecule has 0 saturated heterocycles. The van der Waals surface area contributed by atoms with Crippen LogP contribution in [-0.2, 0) is 4.79 Å². The molecule has 1 aliphatic rings. The Hall–Kier alpha value is -0.990. The first-order chi connectivity index (χ1) is 9.08. The Morgan fingerprint density at radius 2 is 2.00 bits per heavy atom. The normalized spacial score (nSPS) is 22.2. The van der Waals surface area contributed by atoms with Crippen LogP contribution in [0.25, 0.3) is 0 Å². The molecule has 0 aliphatic heterocycles. The lowest BCUT2D eigenvalue weighted by molar-refractivity contribution is -0.131. The standard InChI is InChI=1S/C15H16Cl2O2/c16-13-7-6-11(8-14(13)17)12-5-3-1-2-4-10(12)9-15(18)19/h6-9,12H,1-5H2,(H,18,19)/b10-9+. The third kappa shape index (κ3) is 3.74. The highest BCUT2D eigenvalue weighted by molar-refractivity contribution is 6.42. The Bertz CT molecular complexity index is 509. The molecule has 1 unspecified atom stereocenters. The fraction of sp³-hybridized carbons (Fsp3) is 0.400. The van der Waals surface area contributed by atoms with Gasteiger partial charge in [0.15, 0.2) is 0 Å².